The van der Waals surface area contributed by atoms with Crippen molar-refractivity contribution in [2.45, 2.75) is 45.4 Å². The molecule has 0 saturated carbocycles. The summed E-state index contributed by atoms with van der Waals surface area (Å²) in [5.74, 6) is 0. The Morgan fingerprint density at radius 2 is 1.81 bits per heavy atom. The van der Waals surface area contributed by atoms with Crippen LogP contribution in [0.5, 0.6) is 0 Å². The molecule has 0 radical (unpaired) electrons. The van der Waals surface area contributed by atoms with E-state index in [0.29, 0.717) is 6.54 Å². The summed E-state index contributed by atoms with van der Waals surface area (Å²) in [5, 5.41) is 2.06. The number of hydrogen-bond acceptors (Lipinski definition) is 4. The molecule has 1 aliphatic rings. The third-order valence-corrected chi connectivity index (χ3v) is 4.38. The fourth-order valence-electron chi connectivity index (χ4n) is 1.61. The smallest absolute Gasteiger partial charge is 0.399 e. The van der Waals surface area contributed by atoms with E-state index in [9.17, 15) is 0 Å². The minimum absolute atomic E-state index is 0.262. The average Bonchev–Trinajstić information content (AvgIpc) is 2.70. The van der Waals surface area contributed by atoms with Gasteiger partial charge in [0.2, 0.25) is 0 Å². The zero-order valence-corrected chi connectivity index (χ0v) is 11.1. The number of hydrogen-bond donors (Lipinski definition) is 1. The Labute approximate surface area is 101 Å². The summed E-state index contributed by atoms with van der Waals surface area (Å²) < 4.78 is 11.9. The van der Waals surface area contributed by atoms with Gasteiger partial charge in [-0.05, 0) is 44.6 Å². The van der Waals surface area contributed by atoms with E-state index in [1.165, 1.54) is 0 Å². The first-order chi connectivity index (χ1) is 7.36. The lowest BCUT2D eigenvalue weighted by atomic mass is 9.81. The van der Waals surface area contributed by atoms with Crippen molar-refractivity contribution in [3.05, 3.63) is 16.3 Å². The molecule has 0 aromatic carbocycles. The molecule has 1 aromatic heterocycles. The van der Waals surface area contributed by atoms with Crippen LogP contribution in [0.4, 0.5) is 0 Å². The third kappa shape index (κ3) is 1.93. The van der Waals surface area contributed by atoms with Crippen molar-refractivity contribution >= 4 is 23.9 Å². The van der Waals surface area contributed by atoms with Crippen molar-refractivity contribution in [2.24, 2.45) is 5.73 Å². The van der Waals surface area contributed by atoms with Crippen LogP contribution in [0.15, 0.2) is 11.4 Å². The van der Waals surface area contributed by atoms with E-state index < -0.39 is 0 Å². The summed E-state index contributed by atoms with van der Waals surface area (Å²) in [7, 11) is -0.262. The van der Waals surface area contributed by atoms with E-state index in [1.807, 2.05) is 0 Å². The quantitative estimate of drug-likeness (QED) is 0.795. The van der Waals surface area contributed by atoms with Gasteiger partial charge in [-0.2, -0.15) is 0 Å². The Morgan fingerprint density at radius 1 is 1.25 bits per heavy atom. The second-order valence-electron chi connectivity index (χ2n) is 5.14. The maximum absolute atomic E-state index is 5.95. The molecule has 2 rings (SSSR count). The fraction of sp³-hybridized carbons (Fsp3) is 0.636. The molecule has 88 valence electrons. The molecule has 5 heteroatoms. The van der Waals surface area contributed by atoms with E-state index in [0.717, 1.165) is 10.3 Å². The van der Waals surface area contributed by atoms with E-state index >= 15 is 0 Å². The van der Waals surface area contributed by atoms with Gasteiger partial charge in [0.1, 0.15) is 0 Å². The van der Waals surface area contributed by atoms with Crippen LogP contribution in [-0.2, 0) is 15.9 Å². The lowest BCUT2D eigenvalue weighted by Gasteiger charge is -2.32. The van der Waals surface area contributed by atoms with Gasteiger partial charge in [0.25, 0.3) is 0 Å². The summed E-state index contributed by atoms with van der Waals surface area (Å²) in [6.45, 7) is 8.81. The molecule has 2 heterocycles. The highest BCUT2D eigenvalue weighted by Gasteiger charge is 2.51. The fourth-order valence-corrected chi connectivity index (χ4v) is 2.37. The lowest BCUT2D eigenvalue weighted by Crippen LogP contribution is -2.41. The van der Waals surface area contributed by atoms with Crippen molar-refractivity contribution in [3.63, 3.8) is 0 Å². The topological polar surface area (TPSA) is 44.5 Å². The highest BCUT2D eigenvalue weighted by molar-refractivity contribution is 7.11. The number of rotatable bonds is 2. The van der Waals surface area contributed by atoms with Crippen molar-refractivity contribution < 1.29 is 9.31 Å². The van der Waals surface area contributed by atoms with Crippen LogP contribution < -0.4 is 11.2 Å². The van der Waals surface area contributed by atoms with Crippen molar-refractivity contribution in [3.8, 4) is 0 Å². The maximum atomic E-state index is 5.95. The average molecular weight is 239 g/mol. The number of nitrogens with two attached hydrogens (primary N) is 1. The number of thiophene rings is 1. The SMILES string of the molecule is CC1(C)OB(c2csc(CN)c2)OC1(C)C. The van der Waals surface area contributed by atoms with Gasteiger partial charge in [-0.1, -0.05) is 0 Å². The zero-order valence-electron chi connectivity index (χ0n) is 10.2. The first-order valence-corrected chi connectivity index (χ1v) is 6.37. The van der Waals surface area contributed by atoms with Crippen molar-refractivity contribution in [1.29, 1.82) is 0 Å². The second kappa shape index (κ2) is 3.84. The third-order valence-electron chi connectivity index (χ3n) is 3.40. The Kier molecular flexibility index (Phi) is 2.91. The standard InChI is InChI=1S/C11H18BNO2S/c1-10(2)11(3,4)15-12(14-10)8-5-9(6-13)16-7-8/h5,7H,6,13H2,1-4H3. The van der Waals surface area contributed by atoms with E-state index in [2.05, 4.69) is 39.1 Å². The van der Waals surface area contributed by atoms with Gasteiger partial charge in [0.15, 0.2) is 0 Å². The van der Waals surface area contributed by atoms with Gasteiger partial charge in [0, 0.05) is 11.4 Å². The molecule has 1 aromatic rings. The molecule has 1 aliphatic heterocycles. The Balaban J connectivity index is 2.20. The van der Waals surface area contributed by atoms with Crippen molar-refractivity contribution in [1.82, 2.24) is 0 Å². The highest BCUT2D eigenvalue weighted by atomic mass is 32.1. The second-order valence-corrected chi connectivity index (χ2v) is 6.13. The Morgan fingerprint density at radius 3 is 2.25 bits per heavy atom. The van der Waals surface area contributed by atoms with Gasteiger partial charge in [0.05, 0.1) is 11.2 Å². The molecule has 2 N–H and O–H groups in total. The molecule has 0 atom stereocenters. The predicted molar refractivity (Wildman–Crippen MR) is 67.9 cm³/mol. The molecule has 0 unspecified atom stereocenters. The Hall–Kier alpha value is -0.355. The summed E-state index contributed by atoms with van der Waals surface area (Å²) in [6, 6.07) is 2.06. The summed E-state index contributed by atoms with van der Waals surface area (Å²) in [6.07, 6.45) is 0. The monoisotopic (exact) mass is 239 g/mol. The first kappa shape index (κ1) is 12.1. The van der Waals surface area contributed by atoms with Gasteiger partial charge in [-0.15, -0.1) is 11.3 Å². The van der Waals surface area contributed by atoms with Gasteiger partial charge < -0.3 is 15.0 Å². The molecule has 0 amide bonds. The predicted octanol–water partition coefficient (Wildman–Crippen LogP) is 1.51. The largest absolute Gasteiger partial charge is 0.495 e. The summed E-state index contributed by atoms with van der Waals surface area (Å²) >= 11 is 1.65. The highest BCUT2D eigenvalue weighted by Crippen LogP contribution is 2.36. The molecule has 0 bridgehead atoms. The molecule has 3 nitrogen and oxygen atoms in total. The molecular weight excluding hydrogens is 221 g/mol. The minimum Gasteiger partial charge on any atom is -0.399 e. The minimum atomic E-state index is -0.275. The van der Waals surface area contributed by atoms with Crippen LogP contribution >= 0.6 is 11.3 Å². The first-order valence-electron chi connectivity index (χ1n) is 5.49. The zero-order chi connectivity index (χ0) is 12.0. The van der Waals surface area contributed by atoms with Crippen LogP contribution in [0, 0.1) is 0 Å². The van der Waals surface area contributed by atoms with E-state index in [1.54, 1.807) is 11.3 Å². The molecule has 16 heavy (non-hydrogen) atoms. The molecule has 0 spiro atoms. The molecule has 1 saturated heterocycles. The van der Waals surface area contributed by atoms with Crippen LogP contribution in [0.25, 0.3) is 0 Å². The summed E-state index contributed by atoms with van der Waals surface area (Å²) in [5.41, 5.74) is 6.12. The normalized spacial score (nSPS) is 22.7. The van der Waals surface area contributed by atoms with E-state index in [-0.39, 0.29) is 18.3 Å². The van der Waals surface area contributed by atoms with Gasteiger partial charge in [-0.3, -0.25) is 0 Å². The molecular formula is C11H18BNO2S. The summed E-state index contributed by atoms with van der Waals surface area (Å²) in [4.78, 5) is 1.16. The van der Waals surface area contributed by atoms with Crippen LogP contribution in [0.1, 0.15) is 32.6 Å². The van der Waals surface area contributed by atoms with Gasteiger partial charge >= 0.3 is 7.12 Å². The Bertz CT molecular complexity index is 373. The molecule has 0 aliphatic carbocycles. The maximum Gasteiger partial charge on any atom is 0.495 e. The van der Waals surface area contributed by atoms with E-state index in [4.69, 9.17) is 15.0 Å². The van der Waals surface area contributed by atoms with Gasteiger partial charge in [-0.25, -0.2) is 0 Å². The van der Waals surface area contributed by atoms with Crippen molar-refractivity contribution in [2.75, 3.05) is 0 Å². The van der Waals surface area contributed by atoms with Crippen LogP contribution in [-0.4, -0.2) is 18.3 Å². The van der Waals surface area contributed by atoms with Crippen LogP contribution in [0.2, 0.25) is 0 Å². The van der Waals surface area contributed by atoms with Crippen LogP contribution in [0.3, 0.4) is 0 Å². The lowest BCUT2D eigenvalue weighted by molar-refractivity contribution is 0.00578. The molecule has 1 fully saturated rings.